The maximum absolute atomic E-state index is 6.14. The normalized spacial score (nSPS) is 12.1. The van der Waals surface area contributed by atoms with Crippen molar-refractivity contribution in [3.05, 3.63) is 59.4 Å². The first kappa shape index (κ1) is 14.9. The Balaban J connectivity index is 2.12. The van der Waals surface area contributed by atoms with E-state index in [4.69, 9.17) is 11.6 Å². The van der Waals surface area contributed by atoms with Gasteiger partial charge in [-0.3, -0.25) is 0 Å². The quantitative estimate of drug-likeness (QED) is 0.540. The summed E-state index contributed by atoms with van der Waals surface area (Å²) in [6.07, 6.45) is 6.51. The zero-order valence-electron chi connectivity index (χ0n) is 11.8. The van der Waals surface area contributed by atoms with Gasteiger partial charge in [-0.2, -0.15) is 0 Å². The van der Waals surface area contributed by atoms with E-state index in [0.29, 0.717) is 5.15 Å². The molecule has 20 heavy (non-hydrogen) atoms. The fraction of sp³-hybridized carbons (Fsp3) is 0.353. The van der Waals surface area contributed by atoms with E-state index in [1.807, 2.05) is 18.2 Å². The molecule has 2 aromatic rings. The fourth-order valence-corrected chi connectivity index (χ4v) is 2.46. The van der Waals surface area contributed by atoms with Crippen molar-refractivity contribution in [1.29, 1.82) is 0 Å². The highest BCUT2D eigenvalue weighted by molar-refractivity contribution is 6.31. The number of rotatable bonds is 7. The summed E-state index contributed by atoms with van der Waals surface area (Å²) in [5.74, 6) is 0. The topological polar surface area (TPSA) is 24.9 Å². The molecule has 1 heterocycles. The first-order chi connectivity index (χ1) is 9.81. The van der Waals surface area contributed by atoms with E-state index in [0.717, 1.165) is 12.1 Å². The predicted molar refractivity (Wildman–Crippen MR) is 86.2 cm³/mol. The molecule has 106 valence electrons. The average molecular weight is 289 g/mol. The van der Waals surface area contributed by atoms with Gasteiger partial charge < -0.3 is 5.32 Å². The molecule has 0 fully saturated rings. The third-order valence-corrected chi connectivity index (χ3v) is 3.69. The molecule has 2 nitrogen and oxygen atoms in total. The molecule has 0 bridgehead atoms. The van der Waals surface area contributed by atoms with Crippen LogP contribution in [0, 0.1) is 0 Å². The molecule has 0 saturated carbocycles. The van der Waals surface area contributed by atoms with Crippen molar-refractivity contribution in [2.45, 2.75) is 38.6 Å². The zero-order valence-corrected chi connectivity index (χ0v) is 12.6. The van der Waals surface area contributed by atoms with Gasteiger partial charge in [-0.1, -0.05) is 68.1 Å². The van der Waals surface area contributed by atoms with Crippen LogP contribution < -0.4 is 5.32 Å². The van der Waals surface area contributed by atoms with Crippen LogP contribution in [-0.2, 0) is 0 Å². The minimum Gasteiger partial charge on any atom is -0.376 e. The Morgan fingerprint density at radius 2 is 1.90 bits per heavy atom. The standard InChI is InChI=1S/C17H21ClN2/c1-2-3-5-11-15(14-9-6-4-7-10-14)20-16-12-8-13-19-17(16)18/h4,6-10,12-13,15,20H,2-3,5,11H2,1H3. The van der Waals surface area contributed by atoms with Crippen molar-refractivity contribution in [1.82, 2.24) is 4.98 Å². The minimum absolute atomic E-state index is 0.282. The van der Waals surface area contributed by atoms with Crippen LogP contribution in [0.3, 0.4) is 0 Å². The molecule has 0 aliphatic heterocycles. The molecule has 0 radical (unpaired) electrons. The van der Waals surface area contributed by atoms with Crippen molar-refractivity contribution in [3.63, 3.8) is 0 Å². The molecule has 2 rings (SSSR count). The van der Waals surface area contributed by atoms with Crippen LogP contribution in [-0.4, -0.2) is 4.98 Å². The van der Waals surface area contributed by atoms with E-state index < -0.39 is 0 Å². The fourth-order valence-electron chi connectivity index (χ4n) is 2.29. The molecule has 3 heteroatoms. The monoisotopic (exact) mass is 288 g/mol. The summed E-state index contributed by atoms with van der Waals surface area (Å²) >= 11 is 6.14. The lowest BCUT2D eigenvalue weighted by molar-refractivity contribution is 0.606. The molecule has 0 saturated heterocycles. The molecule has 1 unspecified atom stereocenters. The number of nitrogens with one attached hydrogen (secondary N) is 1. The van der Waals surface area contributed by atoms with E-state index in [2.05, 4.69) is 41.5 Å². The molecule has 0 aliphatic carbocycles. The van der Waals surface area contributed by atoms with Crippen molar-refractivity contribution >= 4 is 17.3 Å². The number of aromatic nitrogens is 1. The van der Waals surface area contributed by atoms with Gasteiger partial charge in [0.05, 0.1) is 11.7 Å². The summed E-state index contributed by atoms with van der Waals surface area (Å²) in [7, 11) is 0. The second-order valence-electron chi connectivity index (χ2n) is 4.95. The second kappa shape index (κ2) is 7.91. The van der Waals surface area contributed by atoms with Crippen LogP contribution in [0.2, 0.25) is 5.15 Å². The SMILES string of the molecule is CCCCCC(Nc1cccnc1Cl)c1ccccc1. The van der Waals surface area contributed by atoms with Crippen molar-refractivity contribution in [2.75, 3.05) is 5.32 Å². The number of nitrogens with zero attached hydrogens (tertiary/aromatic N) is 1. The van der Waals surface area contributed by atoms with E-state index in [1.165, 1.54) is 24.8 Å². The van der Waals surface area contributed by atoms with E-state index in [9.17, 15) is 0 Å². The van der Waals surface area contributed by atoms with E-state index in [1.54, 1.807) is 6.20 Å². The molecule has 0 spiro atoms. The minimum atomic E-state index is 0.282. The van der Waals surface area contributed by atoms with Gasteiger partial charge in [0, 0.05) is 6.20 Å². The predicted octanol–water partition coefficient (Wildman–Crippen LogP) is 5.47. The summed E-state index contributed by atoms with van der Waals surface area (Å²) in [6.45, 7) is 2.23. The Kier molecular flexibility index (Phi) is 5.87. The Bertz CT molecular complexity index is 513. The lowest BCUT2D eigenvalue weighted by atomic mass is 10.0. The second-order valence-corrected chi connectivity index (χ2v) is 5.30. The molecular formula is C17H21ClN2. The van der Waals surface area contributed by atoms with Gasteiger partial charge in [-0.05, 0) is 24.1 Å². The largest absolute Gasteiger partial charge is 0.376 e. The summed E-state index contributed by atoms with van der Waals surface area (Å²) in [4.78, 5) is 4.13. The highest BCUT2D eigenvalue weighted by atomic mass is 35.5. The summed E-state index contributed by atoms with van der Waals surface area (Å²) in [5, 5.41) is 4.06. The molecule has 0 amide bonds. The van der Waals surface area contributed by atoms with Gasteiger partial charge >= 0.3 is 0 Å². The molecule has 1 aromatic carbocycles. The number of halogens is 1. The lowest BCUT2D eigenvalue weighted by Crippen LogP contribution is -2.11. The number of hydrogen-bond acceptors (Lipinski definition) is 2. The van der Waals surface area contributed by atoms with Crippen molar-refractivity contribution in [2.24, 2.45) is 0 Å². The third-order valence-electron chi connectivity index (χ3n) is 3.39. The Morgan fingerprint density at radius 1 is 1.10 bits per heavy atom. The molecule has 1 aromatic heterocycles. The van der Waals surface area contributed by atoms with Gasteiger partial charge in [0.2, 0.25) is 0 Å². The van der Waals surface area contributed by atoms with Crippen molar-refractivity contribution in [3.8, 4) is 0 Å². The van der Waals surface area contributed by atoms with Crippen LogP contribution in [0.25, 0.3) is 0 Å². The zero-order chi connectivity index (χ0) is 14.2. The highest BCUT2D eigenvalue weighted by Crippen LogP contribution is 2.27. The van der Waals surface area contributed by atoms with Gasteiger partial charge in [0.25, 0.3) is 0 Å². The first-order valence-electron chi connectivity index (χ1n) is 7.23. The molecule has 1 atom stereocenters. The molecular weight excluding hydrogens is 268 g/mol. The molecule has 1 N–H and O–H groups in total. The van der Waals surface area contributed by atoms with Crippen molar-refractivity contribution < 1.29 is 0 Å². The maximum Gasteiger partial charge on any atom is 0.152 e. The van der Waals surface area contributed by atoms with Gasteiger partial charge in [0.1, 0.15) is 0 Å². The summed E-state index contributed by atoms with van der Waals surface area (Å²) in [5.41, 5.74) is 2.20. The van der Waals surface area contributed by atoms with E-state index in [-0.39, 0.29) is 6.04 Å². The third kappa shape index (κ3) is 4.24. The lowest BCUT2D eigenvalue weighted by Gasteiger charge is -2.21. The maximum atomic E-state index is 6.14. The number of pyridine rings is 1. The van der Waals surface area contributed by atoms with Gasteiger partial charge in [0.15, 0.2) is 5.15 Å². The van der Waals surface area contributed by atoms with Crippen LogP contribution >= 0.6 is 11.6 Å². The summed E-state index contributed by atoms with van der Waals surface area (Å²) < 4.78 is 0. The average Bonchev–Trinajstić information content (AvgIpc) is 2.49. The highest BCUT2D eigenvalue weighted by Gasteiger charge is 2.12. The Morgan fingerprint density at radius 3 is 2.60 bits per heavy atom. The van der Waals surface area contributed by atoms with Crippen LogP contribution in [0.1, 0.15) is 44.2 Å². The number of unbranched alkanes of at least 4 members (excludes halogenated alkanes) is 2. The van der Waals surface area contributed by atoms with Gasteiger partial charge in [-0.15, -0.1) is 0 Å². The number of benzene rings is 1. The van der Waals surface area contributed by atoms with Crippen LogP contribution in [0.4, 0.5) is 5.69 Å². The smallest absolute Gasteiger partial charge is 0.152 e. The number of hydrogen-bond donors (Lipinski definition) is 1. The van der Waals surface area contributed by atoms with E-state index >= 15 is 0 Å². The molecule has 0 aliphatic rings. The Labute approximate surface area is 126 Å². The summed E-state index contributed by atoms with van der Waals surface area (Å²) in [6, 6.07) is 14.7. The first-order valence-corrected chi connectivity index (χ1v) is 7.61. The van der Waals surface area contributed by atoms with Gasteiger partial charge in [-0.25, -0.2) is 4.98 Å². The Hall–Kier alpha value is -1.54. The van der Waals surface area contributed by atoms with Crippen LogP contribution in [0.5, 0.6) is 0 Å². The van der Waals surface area contributed by atoms with Crippen LogP contribution in [0.15, 0.2) is 48.7 Å². The number of anilines is 1.